The Kier molecular flexibility index (Phi) is 5.76. The lowest BCUT2D eigenvalue weighted by Crippen LogP contribution is -2.29. The van der Waals surface area contributed by atoms with E-state index in [9.17, 15) is 22.0 Å². The maximum Gasteiger partial charge on any atom is 0.284 e. The third-order valence-corrected chi connectivity index (χ3v) is 6.10. The molecular formula is C19H14F2N2O3S2. The average molecular weight is 420 g/mol. The van der Waals surface area contributed by atoms with Gasteiger partial charge in [-0.2, -0.15) is 8.42 Å². The van der Waals surface area contributed by atoms with Crippen LogP contribution in [0.15, 0.2) is 75.4 Å². The van der Waals surface area contributed by atoms with Crippen LogP contribution in [0.4, 0.5) is 8.78 Å². The number of benzene rings is 2. The van der Waals surface area contributed by atoms with Crippen molar-refractivity contribution in [2.24, 2.45) is 4.40 Å². The van der Waals surface area contributed by atoms with Gasteiger partial charge in [-0.15, -0.1) is 11.0 Å². The predicted molar refractivity (Wildman–Crippen MR) is 105 cm³/mol. The molecule has 0 bridgehead atoms. The molecule has 0 N–H and O–H groups in total. The Bertz CT molecular complexity index is 1090. The Morgan fingerprint density at radius 1 is 1.11 bits per heavy atom. The average Bonchev–Trinajstić information content (AvgIpc) is 2.92. The summed E-state index contributed by atoms with van der Waals surface area (Å²) in [6.07, 6.45) is 2.76. The molecule has 1 heterocycles. The molecule has 5 nitrogen and oxygen atoms in total. The summed E-state index contributed by atoms with van der Waals surface area (Å²) in [4.78, 5) is 13.7. The third kappa shape index (κ3) is 4.20. The number of hydrogen-bond acceptors (Lipinski definition) is 4. The molecule has 0 unspecified atom stereocenters. The Morgan fingerprint density at radius 3 is 2.43 bits per heavy atom. The van der Waals surface area contributed by atoms with E-state index in [4.69, 9.17) is 0 Å². The smallest absolute Gasteiger partial charge is 0.282 e. The number of carbonyl (C=O) groups is 1. The van der Waals surface area contributed by atoms with Gasteiger partial charge < -0.3 is 0 Å². The lowest BCUT2D eigenvalue weighted by Gasteiger charge is -2.12. The molecule has 0 saturated carbocycles. The van der Waals surface area contributed by atoms with E-state index >= 15 is 0 Å². The second kappa shape index (κ2) is 8.07. The van der Waals surface area contributed by atoms with Crippen molar-refractivity contribution in [1.29, 1.82) is 0 Å². The summed E-state index contributed by atoms with van der Waals surface area (Å²) in [7, 11) is -4.17. The molecular weight excluding hydrogens is 406 g/mol. The first-order valence-electron chi connectivity index (χ1n) is 7.99. The second-order valence-corrected chi connectivity index (χ2v) is 8.25. The first kappa shape index (κ1) is 20.0. The number of hydrogen-bond donors (Lipinski definition) is 0. The van der Waals surface area contributed by atoms with E-state index in [1.807, 2.05) is 0 Å². The number of nitrogens with zero attached hydrogens (tertiary/aromatic N) is 2. The van der Waals surface area contributed by atoms with Gasteiger partial charge in [-0.3, -0.25) is 9.69 Å². The number of carbonyl (C=O) groups excluding carboxylic acids is 1. The fourth-order valence-electron chi connectivity index (χ4n) is 2.36. The van der Waals surface area contributed by atoms with Crippen molar-refractivity contribution in [3.63, 3.8) is 0 Å². The summed E-state index contributed by atoms with van der Waals surface area (Å²) in [5.41, 5.74) is 0.194. The molecule has 0 aliphatic carbocycles. The zero-order chi connectivity index (χ0) is 20.3. The van der Waals surface area contributed by atoms with Crippen molar-refractivity contribution in [3.05, 3.63) is 83.3 Å². The predicted octanol–water partition coefficient (Wildman–Crippen LogP) is 3.81. The highest BCUT2D eigenvalue weighted by atomic mass is 32.2. The zero-order valence-corrected chi connectivity index (χ0v) is 16.0. The SMILES string of the molecule is C=CCN1C(=O)C(=Cc2ccccc2F)SC1=NS(=O)(=O)c1ccc(F)cc1. The van der Waals surface area contributed by atoms with Crippen LogP contribution < -0.4 is 0 Å². The molecule has 0 radical (unpaired) electrons. The van der Waals surface area contributed by atoms with Gasteiger partial charge in [-0.1, -0.05) is 24.3 Å². The van der Waals surface area contributed by atoms with Gasteiger partial charge in [0.25, 0.3) is 15.9 Å². The molecule has 1 aliphatic heterocycles. The van der Waals surface area contributed by atoms with E-state index in [1.54, 1.807) is 6.07 Å². The van der Waals surface area contributed by atoms with Gasteiger partial charge >= 0.3 is 0 Å². The zero-order valence-electron chi connectivity index (χ0n) is 14.4. The van der Waals surface area contributed by atoms with Gasteiger partial charge in [0.15, 0.2) is 5.17 Å². The quantitative estimate of drug-likeness (QED) is 0.545. The van der Waals surface area contributed by atoms with Gasteiger partial charge in [0, 0.05) is 12.1 Å². The second-order valence-electron chi connectivity index (χ2n) is 5.64. The molecule has 1 aliphatic rings. The van der Waals surface area contributed by atoms with Crippen LogP contribution in [0, 0.1) is 11.6 Å². The van der Waals surface area contributed by atoms with E-state index < -0.39 is 27.6 Å². The Labute approximate surface area is 165 Å². The van der Waals surface area contributed by atoms with Crippen LogP contribution in [0.3, 0.4) is 0 Å². The number of amides is 1. The number of amidine groups is 1. The Hall–Kier alpha value is -2.78. The van der Waals surface area contributed by atoms with Crippen LogP contribution in [-0.4, -0.2) is 30.9 Å². The van der Waals surface area contributed by atoms with Crippen LogP contribution in [0.5, 0.6) is 0 Å². The first-order valence-corrected chi connectivity index (χ1v) is 10.2. The molecule has 0 spiro atoms. The highest BCUT2D eigenvalue weighted by Crippen LogP contribution is 2.34. The largest absolute Gasteiger partial charge is 0.284 e. The number of halogens is 2. The maximum absolute atomic E-state index is 13.9. The lowest BCUT2D eigenvalue weighted by molar-refractivity contribution is -0.121. The minimum atomic E-state index is -4.17. The van der Waals surface area contributed by atoms with Gasteiger partial charge in [-0.05, 0) is 48.2 Å². The van der Waals surface area contributed by atoms with E-state index in [0.29, 0.717) is 0 Å². The van der Waals surface area contributed by atoms with E-state index in [2.05, 4.69) is 11.0 Å². The molecule has 2 aromatic carbocycles. The number of sulfonamides is 1. The summed E-state index contributed by atoms with van der Waals surface area (Å²) < 4.78 is 55.7. The fraction of sp³-hybridized carbons (Fsp3) is 0.0526. The molecule has 0 aromatic heterocycles. The third-order valence-electron chi connectivity index (χ3n) is 3.70. The summed E-state index contributed by atoms with van der Waals surface area (Å²) in [5.74, 6) is -1.61. The molecule has 1 amide bonds. The van der Waals surface area contributed by atoms with Gasteiger partial charge in [0.2, 0.25) is 0 Å². The topological polar surface area (TPSA) is 66.8 Å². The molecule has 9 heteroatoms. The molecule has 1 fully saturated rings. The van der Waals surface area contributed by atoms with Gasteiger partial charge in [0.1, 0.15) is 11.6 Å². The normalized spacial score (nSPS) is 17.5. The fourth-order valence-corrected chi connectivity index (χ4v) is 4.54. The molecule has 144 valence electrons. The van der Waals surface area contributed by atoms with Crippen molar-refractivity contribution in [3.8, 4) is 0 Å². The van der Waals surface area contributed by atoms with Crippen molar-refractivity contribution in [2.75, 3.05) is 6.54 Å². The molecule has 3 rings (SSSR count). The van der Waals surface area contributed by atoms with Crippen molar-refractivity contribution < 1.29 is 22.0 Å². The van der Waals surface area contributed by atoms with Crippen molar-refractivity contribution in [1.82, 2.24) is 4.90 Å². The van der Waals surface area contributed by atoms with Crippen LogP contribution in [0.2, 0.25) is 0 Å². The van der Waals surface area contributed by atoms with E-state index in [0.717, 1.165) is 40.9 Å². The Morgan fingerprint density at radius 2 is 1.79 bits per heavy atom. The standard InChI is InChI=1S/C19H14F2N2O3S2/c1-2-11-23-18(24)17(12-13-5-3-4-6-16(13)21)27-19(23)22-28(25,26)15-9-7-14(20)8-10-15/h2-10,12H,1,11H2. The molecule has 0 atom stereocenters. The highest BCUT2D eigenvalue weighted by Gasteiger charge is 2.34. The van der Waals surface area contributed by atoms with Gasteiger partial charge in [0.05, 0.1) is 9.80 Å². The van der Waals surface area contributed by atoms with Crippen LogP contribution >= 0.6 is 11.8 Å². The highest BCUT2D eigenvalue weighted by molar-refractivity contribution is 8.19. The minimum Gasteiger partial charge on any atom is -0.282 e. The summed E-state index contributed by atoms with van der Waals surface area (Å²) in [6, 6.07) is 10.1. The molecule has 28 heavy (non-hydrogen) atoms. The number of rotatable bonds is 5. The van der Waals surface area contributed by atoms with Crippen LogP contribution in [0.25, 0.3) is 6.08 Å². The van der Waals surface area contributed by atoms with Crippen LogP contribution in [-0.2, 0) is 14.8 Å². The molecule has 2 aromatic rings. The summed E-state index contributed by atoms with van der Waals surface area (Å²) >= 11 is 0.815. The number of thioether (sulfide) groups is 1. The Balaban J connectivity index is 2.01. The summed E-state index contributed by atoms with van der Waals surface area (Å²) in [6.45, 7) is 3.58. The van der Waals surface area contributed by atoms with E-state index in [-0.39, 0.29) is 27.1 Å². The lowest BCUT2D eigenvalue weighted by atomic mass is 10.2. The van der Waals surface area contributed by atoms with Crippen LogP contribution in [0.1, 0.15) is 5.56 Å². The minimum absolute atomic E-state index is 0.0260. The summed E-state index contributed by atoms with van der Waals surface area (Å²) in [5, 5.41) is -0.0863. The molecule has 1 saturated heterocycles. The maximum atomic E-state index is 13.9. The monoisotopic (exact) mass is 420 g/mol. The van der Waals surface area contributed by atoms with Crippen molar-refractivity contribution in [2.45, 2.75) is 4.90 Å². The first-order chi connectivity index (χ1) is 13.3. The van der Waals surface area contributed by atoms with E-state index in [1.165, 1.54) is 30.4 Å². The van der Waals surface area contributed by atoms with Crippen molar-refractivity contribution >= 4 is 38.9 Å². The van der Waals surface area contributed by atoms with Gasteiger partial charge in [-0.25, -0.2) is 8.78 Å².